The topological polar surface area (TPSA) is 147 Å². The number of likely N-dealkylation sites (tertiary alicyclic amines) is 1. The predicted octanol–water partition coefficient (Wildman–Crippen LogP) is 6.42. The first kappa shape index (κ1) is 44.4. The summed E-state index contributed by atoms with van der Waals surface area (Å²) in [4.78, 5) is 29.0. The van der Waals surface area contributed by atoms with Crippen LogP contribution < -0.4 is 5.32 Å². The Morgan fingerprint density at radius 1 is 1.02 bits per heavy atom. The summed E-state index contributed by atoms with van der Waals surface area (Å²) in [6.07, 6.45) is 5.77. The second-order valence-corrected chi connectivity index (χ2v) is 17.8. The largest absolute Gasteiger partial charge is 0.480 e. The fourth-order valence-electron chi connectivity index (χ4n) is 5.52. The summed E-state index contributed by atoms with van der Waals surface area (Å²) >= 11 is 1.88. The molecule has 0 aromatic heterocycles. The Labute approximate surface area is 314 Å². The molecular weight excluding hydrogens is 721 g/mol. The standard InChI is InChI=1S/C32H38N2O6S2.C5H8O2S.C2H6/c1-22-9-7-8-12-27(22)29-17-23(13-14-28(29)31(35)33-30(32(36)37)15-16-42(3,38)39)19-34-20-26(18-24(34)21-40-2)41-25-10-5-4-6-11-25;1-3-4-5-8(2,6)7;1-2/h4-14,17,24,26,30H,15-16,18-21H2,1-3H3,(H,33,35)(H,36,37);3-5H,1H2,2H3;1-2H3/b;5-4+;/t24-,26?,30?;;/m0../s1. The molecule has 0 aliphatic carbocycles. The van der Waals surface area contributed by atoms with Crippen LogP contribution in [0.1, 0.15) is 48.2 Å². The van der Waals surface area contributed by atoms with E-state index >= 15 is 0 Å². The number of rotatable bonds is 15. The van der Waals surface area contributed by atoms with Crippen LogP contribution >= 0.6 is 11.8 Å². The van der Waals surface area contributed by atoms with Gasteiger partial charge < -0.3 is 15.2 Å². The van der Waals surface area contributed by atoms with Crippen molar-refractivity contribution in [3.8, 4) is 11.1 Å². The summed E-state index contributed by atoms with van der Waals surface area (Å²) in [5.41, 5.74) is 3.93. The number of carbonyl (C=O) groups excluding carboxylic acids is 1. The molecule has 1 amide bonds. The van der Waals surface area contributed by atoms with Crippen molar-refractivity contribution in [1.82, 2.24) is 10.2 Å². The third-order valence-electron chi connectivity index (χ3n) is 7.89. The quantitative estimate of drug-likeness (QED) is 0.166. The number of ether oxygens (including phenoxy) is 1. The molecule has 1 heterocycles. The number of sulfone groups is 2. The Morgan fingerprint density at radius 3 is 2.23 bits per heavy atom. The molecule has 1 aliphatic rings. The molecule has 0 radical (unpaired) electrons. The average molecular weight is 773 g/mol. The van der Waals surface area contributed by atoms with Gasteiger partial charge in [0.2, 0.25) is 0 Å². The first-order valence-corrected chi connectivity index (χ1v) is 21.8. The summed E-state index contributed by atoms with van der Waals surface area (Å²) in [6.45, 7) is 11.5. The van der Waals surface area contributed by atoms with Crippen molar-refractivity contribution in [2.75, 3.05) is 38.5 Å². The van der Waals surface area contributed by atoms with Crippen molar-refractivity contribution in [2.24, 2.45) is 0 Å². The number of nitrogens with one attached hydrogen (secondary N) is 1. The number of aliphatic carboxylic acids is 1. The molecule has 4 rings (SSSR count). The van der Waals surface area contributed by atoms with E-state index in [1.165, 1.54) is 17.0 Å². The van der Waals surface area contributed by atoms with Crippen molar-refractivity contribution in [3.63, 3.8) is 0 Å². The van der Waals surface area contributed by atoms with Gasteiger partial charge in [-0.2, -0.15) is 0 Å². The van der Waals surface area contributed by atoms with Gasteiger partial charge in [-0.25, -0.2) is 21.6 Å². The first-order chi connectivity index (χ1) is 24.6. The maximum absolute atomic E-state index is 13.4. The summed E-state index contributed by atoms with van der Waals surface area (Å²) in [6, 6.07) is 22.7. The molecule has 10 nitrogen and oxygen atoms in total. The van der Waals surface area contributed by atoms with Gasteiger partial charge in [-0.1, -0.05) is 81.1 Å². The average Bonchev–Trinajstić information content (AvgIpc) is 3.46. The molecule has 52 heavy (non-hydrogen) atoms. The SMILES string of the molecule is C=C/C=C/S(C)(=O)=O.CC.COC[C@@H]1CC(Sc2ccccc2)CN1Cc1ccc(C(=O)NC(CCS(C)(=O)=O)C(=O)O)c(-c2ccccc2C)c1. The number of hydrogen-bond donors (Lipinski definition) is 2. The van der Waals surface area contributed by atoms with Crippen LogP contribution in [0.15, 0.2) is 102 Å². The highest BCUT2D eigenvalue weighted by Crippen LogP contribution is 2.35. The highest BCUT2D eigenvalue weighted by molar-refractivity contribution is 8.00. The van der Waals surface area contributed by atoms with E-state index < -0.39 is 37.6 Å². The minimum Gasteiger partial charge on any atom is -0.480 e. The van der Waals surface area contributed by atoms with Crippen molar-refractivity contribution >= 4 is 43.3 Å². The number of aryl methyl sites for hydroxylation is 1. The summed E-state index contributed by atoms with van der Waals surface area (Å²) in [5.74, 6) is -2.17. The van der Waals surface area contributed by atoms with Gasteiger partial charge in [-0.05, 0) is 66.3 Å². The summed E-state index contributed by atoms with van der Waals surface area (Å²) in [5, 5.41) is 13.7. The number of carboxylic acids is 1. The smallest absolute Gasteiger partial charge is 0.326 e. The van der Waals surface area contributed by atoms with Crippen molar-refractivity contribution < 1.29 is 36.3 Å². The molecule has 284 valence electrons. The monoisotopic (exact) mass is 772 g/mol. The third-order valence-corrected chi connectivity index (χ3v) is 10.7. The van der Waals surface area contributed by atoms with Crippen LogP contribution in [0.4, 0.5) is 0 Å². The molecule has 0 bridgehead atoms. The Kier molecular flexibility index (Phi) is 18.5. The lowest BCUT2D eigenvalue weighted by atomic mass is 9.93. The second kappa shape index (κ2) is 21.7. The summed E-state index contributed by atoms with van der Waals surface area (Å²) in [7, 11) is -4.60. The number of thioether (sulfide) groups is 1. The molecule has 2 N–H and O–H groups in total. The zero-order valence-corrected chi connectivity index (χ0v) is 33.3. The van der Waals surface area contributed by atoms with E-state index in [0.717, 1.165) is 47.6 Å². The number of allylic oxidation sites excluding steroid dienone is 2. The zero-order chi connectivity index (χ0) is 38.9. The van der Waals surface area contributed by atoms with Crippen molar-refractivity contribution in [3.05, 3.63) is 114 Å². The Bertz CT molecular complexity index is 1860. The lowest BCUT2D eigenvalue weighted by Crippen LogP contribution is -2.42. The van der Waals surface area contributed by atoms with E-state index in [4.69, 9.17) is 4.74 Å². The van der Waals surface area contributed by atoms with Crippen molar-refractivity contribution in [2.45, 2.75) is 62.4 Å². The number of carboxylic acid groups (broad SMARTS) is 1. The summed E-state index contributed by atoms with van der Waals surface area (Å²) < 4.78 is 49.3. The van der Waals surface area contributed by atoms with Gasteiger partial charge in [0, 0.05) is 59.9 Å². The van der Waals surface area contributed by atoms with E-state index in [1.54, 1.807) is 13.2 Å². The first-order valence-electron chi connectivity index (χ1n) is 16.9. The number of methoxy groups -OCH3 is 1. The van der Waals surface area contributed by atoms with E-state index in [0.29, 0.717) is 29.5 Å². The Balaban J connectivity index is 0.000000827. The van der Waals surface area contributed by atoms with Crippen LogP contribution in [0.25, 0.3) is 11.1 Å². The Hall–Kier alpha value is -3.75. The number of carbonyl (C=O) groups is 2. The van der Waals surface area contributed by atoms with Crippen LogP contribution in [0, 0.1) is 6.92 Å². The van der Waals surface area contributed by atoms with Crippen LogP contribution in [0.3, 0.4) is 0 Å². The lowest BCUT2D eigenvalue weighted by Gasteiger charge is -2.24. The molecule has 13 heteroatoms. The van der Waals surface area contributed by atoms with E-state index in [-0.39, 0.29) is 18.2 Å². The van der Waals surface area contributed by atoms with Gasteiger partial charge >= 0.3 is 5.97 Å². The minimum atomic E-state index is -3.39. The number of nitrogens with zero attached hydrogens (tertiary/aromatic N) is 1. The van der Waals surface area contributed by atoms with Gasteiger partial charge in [0.25, 0.3) is 5.91 Å². The van der Waals surface area contributed by atoms with Gasteiger partial charge in [0.1, 0.15) is 15.9 Å². The molecule has 3 aromatic rings. The van der Waals surface area contributed by atoms with Crippen LogP contribution in [-0.2, 0) is 35.8 Å². The number of amides is 1. The fraction of sp³-hybridized carbons (Fsp3) is 0.385. The van der Waals surface area contributed by atoms with Crippen LogP contribution in [0.5, 0.6) is 0 Å². The van der Waals surface area contributed by atoms with E-state index in [1.807, 2.05) is 75.0 Å². The molecule has 3 aromatic carbocycles. The third kappa shape index (κ3) is 15.5. The second-order valence-electron chi connectivity index (χ2n) is 12.2. The lowest BCUT2D eigenvalue weighted by molar-refractivity contribution is -0.139. The van der Waals surface area contributed by atoms with E-state index in [9.17, 15) is 31.5 Å². The fourth-order valence-corrected chi connectivity index (χ4v) is 7.86. The number of benzene rings is 3. The maximum Gasteiger partial charge on any atom is 0.326 e. The van der Waals surface area contributed by atoms with Crippen LogP contribution in [-0.4, -0.2) is 94.6 Å². The molecule has 0 saturated carbocycles. The molecule has 2 unspecified atom stereocenters. The molecule has 3 atom stereocenters. The molecule has 0 spiro atoms. The van der Waals surface area contributed by atoms with E-state index in [2.05, 4.69) is 41.1 Å². The normalized spacial score (nSPS) is 16.6. The van der Waals surface area contributed by atoms with Crippen molar-refractivity contribution in [1.29, 1.82) is 0 Å². The molecule has 1 fully saturated rings. The minimum absolute atomic E-state index is 0.213. The molecular formula is C39H52N2O8S3. The highest BCUT2D eigenvalue weighted by atomic mass is 32.2. The van der Waals surface area contributed by atoms with Crippen LogP contribution in [0.2, 0.25) is 0 Å². The van der Waals surface area contributed by atoms with Gasteiger partial charge in [0.15, 0.2) is 9.84 Å². The molecule has 1 aliphatic heterocycles. The zero-order valence-electron chi connectivity index (χ0n) is 30.8. The predicted molar refractivity (Wildman–Crippen MR) is 212 cm³/mol. The maximum atomic E-state index is 13.4. The van der Waals surface area contributed by atoms with Gasteiger partial charge in [-0.15, -0.1) is 11.8 Å². The highest BCUT2D eigenvalue weighted by Gasteiger charge is 2.33. The Morgan fingerprint density at radius 2 is 1.67 bits per heavy atom. The number of hydrogen-bond acceptors (Lipinski definition) is 9. The molecule has 1 saturated heterocycles. The van der Waals surface area contributed by atoms with Gasteiger partial charge in [0.05, 0.1) is 12.4 Å². The van der Waals surface area contributed by atoms with Gasteiger partial charge in [-0.3, -0.25) is 9.69 Å².